The molecular formula is C23H38FN5O4. The zero-order chi connectivity index (χ0) is 24.8. The second-order valence-electron chi connectivity index (χ2n) is 6.86. The van der Waals surface area contributed by atoms with Gasteiger partial charge in [-0.2, -0.15) is 0 Å². The van der Waals surface area contributed by atoms with Crippen LogP contribution in [0.3, 0.4) is 0 Å². The highest BCUT2D eigenvalue weighted by atomic mass is 19.1. The highest BCUT2D eigenvalue weighted by molar-refractivity contribution is 5.77. The molecule has 0 aromatic heterocycles. The van der Waals surface area contributed by atoms with Crippen LogP contribution in [0.2, 0.25) is 0 Å². The molecule has 1 aromatic rings. The topological polar surface area (TPSA) is 95.2 Å². The second kappa shape index (κ2) is 15.2. The number of methoxy groups -OCH3 is 1. The molecule has 33 heavy (non-hydrogen) atoms. The average molecular weight is 468 g/mol. The molecule has 2 unspecified atom stereocenters. The minimum atomic E-state index is -0.593. The highest BCUT2D eigenvalue weighted by Gasteiger charge is 2.36. The Labute approximate surface area is 196 Å². The maximum atomic E-state index is 13.1. The minimum absolute atomic E-state index is 0.185. The van der Waals surface area contributed by atoms with Gasteiger partial charge in [-0.1, -0.05) is 39.8 Å². The number of carbonyl (C=O) groups is 2. The Balaban J connectivity index is 0.00000129. The summed E-state index contributed by atoms with van der Waals surface area (Å²) >= 11 is 0. The Morgan fingerprint density at radius 3 is 2.42 bits per heavy atom. The summed E-state index contributed by atoms with van der Waals surface area (Å²) in [6.07, 6.45) is 1.09. The summed E-state index contributed by atoms with van der Waals surface area (Å²) in [5, 5.41) is 8.73. The highest BCUT2D eigenvalue weighted by Crippen LogP contribution is 2.28. The van der Waals surface area contributed by atoms with Crippen LogP contribution in [0.15, 0.2) is 36.2 Å². The Morgan fingerprint density at radius 1 is 1.21 bits per heavy atom. The number of halogens is 1. The number of hydrogen-bond donors (Lipinski definition) is 3. The first kappa shape index (κ1) is 28.3. The van der Waals surface area contributed by atoms with Gasteiger partial charge in [-0.15, -0.1) is 0 Å². The fourth-order valence-corrected chi connectivity index (χ4v) is 3.27. The van der Waals surface area contributed by atoms with Crippen molar-refractivity contribution in [3.63, 3.8) is 0 Å². The molecule has 0 saturated carbocycles. The molecule has 0 aliphatic carbocycles. The molecule has 3 amide bonds. The number of likely N-dealkylation sites (tertiary alicyclic amines) is 1. The Kier molecular flexibility index (Phi) is 13.1. The predicted octanol–water partition coefficient (Wildman–Crippen LogP) is 2.38. The van der Waals surface area contributed by atoms with Gasteiger partial charge in [0, 0.05) is 39.4 Å². The number of rotatable bonds is 8. The lowest BCUT2D eigenvalue weighted by Gasteiger charge is -2.43. The Bertz CT molecular complexity index is 741. The number of urea groups is 1. The SMILES string of the molecule is CC.CC.COCCOC1NC=C(N(C)C(=O)N2CC(c3ccc(F)cc3)C2)C(NC=O)N1. The maximum Gasteiger partial charge on any atom is 0.324 e. The van der Waals surface area contributed by atoms with Gasteiger partial charge in [-0.3, -0.25) is 9.69 Å². The molecule has 2 atom stereocenters. The third kappa shape index (κ3) is 7.99. The first-order chi connectivity index (χ1) is 16.0. The van der Waals surface area contributed by atoms with E-state index in [4.69, 9.17) is 9.47 Å². The number of nitrogens with zero attached hydrogens (tertiary/aromatic N) is 2. The van der Waals surface area contributed by atoms with E-state index in [9.17, 15) is 14.0 Å². The zero-order valence-corrected chi connectivity index (χ0v) is 20.4. The summed E-state index contributed by atoms with van der Waals surface area (Å²) < 4.78 is 23.6. The summed E-state index contributed by atoms with van der Waals surface area (Å²) in [4.78, 5) is 27.0. The van der Waals surface area contributed by atoms with Crippen LogP contribution in [-0.4, -0.2) is 75.2 Å². The Hall–Kier alpha value is -2.69. The van der Waals surface area contributed by atoms with Crippen molar-refractivity contribution in [2.45, 2.75) is 46.1 Å². The molecule has 2 aliphatic heterocycles. The van der Waals surface area contributed by atoms with Crippen molar-refractivity contribution in [1.29, 1.82) is 0 Å². The summed E-state index contributed by atoms with van der Waals surface area (Å²) in [7, 11) is 3.23. The minimum Gasteiger partial charge on any atom is -0.382 e. The van der Waals surface area contributed by atoms with Crippen molar-refractivity contribution in [2.75, 3.05) is 40.5 Å². The number of benzene rings is 1. The monoisotopic (exact) mass is 467 g/mol. The van der Waals surface area contributed by atoms with Crippen molar-refractivity contribution in [3.8, 4) is 0 Å². The molecule has 1 saturated heterocycles. The van der Waals surface area contributed by atoms with E-state index in [1.807, 2.05) is 27.7 Å². The number of hydrogen-bond acceptors (Lipinski definition) is 6. The lowest BCUT2D eigenvalue weighted by molar-refractivity contribution is -0.110. The molecule has 1 fully saturated rings. The summed E-state index contributed by atoms with van der Waals surface area (Å²) in [6, 6.07) is 6.16. The van der Waals surface area contributed by atoms with Crippen LogP contribution in [-0.2, 0) is 14.3 Å². The van der Waals surface area contributed by atoms with Crippen molar-refractivity contribution in [1.82, 2.24) is 25.8 Å². The predicted molar refractivity (Wildman–Crippen MR) is 126 cm³/mol. The molecule has 0 bridgehead atoms. The van der Waals surface area contributed by atoms with Gasteiger partial charge in [0.1, 0.15) is 12.0 Å². The first-order valence-corrected chi connectivity index (χ1v) is 11.3. The molecule has 9 nitrogen and oxygen atoms in total. The van der Waals surface area contributed by atoms with Crippen LogP contribution in [0.4, 0.5) is 9.18 Å². The van der Waals surface area contributed by atoms with Crippen molar-refractivity contribution in [2.24, 2.45) is 0 Å². The van der Waals surface area contributed by atoms with Gasteiger partial charge in [0.05, 0.1) is 18.9 Å². The molecule has 1 aromatic carbocycles. The standard InChI is InChI=1S/C19H26FN5O4.2C2H6/c1-24(16-9-21-18(29-8-7-28-2)23-17(16)22-12-26)19(27)25-10-14(11-25)13-3-5-15(20)6-4-13;2*1-2/h3-6,9,12,14,17-18,21,23H,7-8,10-11H2,1-2H3,(H,22,26);2*1-2H3. The van der Waals surface area contributed by atoms with Gasteiger partial charge in [0.2, 0.25) is 6.41 Å². The number of ether oxygens (including phenoxy) is 2. The van der Waals surface area contributed by atoms with Crippen LogP contribution in [0.1, 0.15) is 39.2 Å². The lowest BCUT2D eigenvalue weighted by Crippen LogP contribution is -2.61. The molecule has 0 spiro atoms. The third-order valence-corrected chi connectivity index (χ3v) is 4.97. The quantitative estimate of drug-likeness (QED) is 0.401. The van der Waals surface area contributed by atoms with Crippen molar-refractivity contribution >= 4 is 12.4 Å². The van der Waals surface area contributed by atoms with Gasteiger partial charge in [0.25, 0.3) is 0 Å². The number of carbonyl (C=O) groups excluding carboxylic acids is 2. The molecule has 2 heterocycles. The van der Waals surface area contributed by atoms with Crippen molar-refractivity contribution in [3.05, 3.63) is 47.5 Å². The van der Waals surface area contributed by atoms with Gasteiger partial charge in [-0.25, -0.2) is 14.5 Å². The van der Waals surface area contributed by atoms with E-state index < -0.39 is 12.5 Å². The average Bonchev–Trinajstić information content (AvgIpc) is 2.82. The van der Waals surface area contributed by atoms with E-state index in [0.29, 0.717) is 38.4 Å². The van der Waals surface area contributed by atoms with Crippen LogP contribution in [0.25, 0.3) is 0 Å². The van der Waals surface area contributed by atoms with Gasteiger partial charge < -0.3 is 25.0 Å². The zero-order valence-electron chi connectivity index (χ0n) is 20.4. The third-order valence-electron chi connectivity index (χ3n) is 4.97. The van der Waals surface area contributed by atoms with Crippen LogP contribution in [0, 0.1) is 5.82 Å². The number of amides is 3. The first-order valence-electron chi connectivity index (χ1n) is 11.3. The van der Waals surface area contributed by atoms with E-state index in [1.54, 1.807) is 37.4 Å². The summed E-state index contributed by atoms with van der Waals surface area (Å²) in [5.41, 5.74) is 1.56. The lowest BCUT2D eigenvalue weighted by atomic mass is 9.92. The summed E-state index contributed by atoms with van der Waals surface area (Å²) in [5.74, 6) is -0.0878. The second-order valence-corrected chi connectivity index (χ2v) is 6.86. The van der Waals surface area contributed by atoms with Gasteiger partial charge in [-0.05, 0) is 17.7 Å². The van der Waals surface area contributed by atoms with Gasteiger partial charge in [0.15, 0.2) is 6.35 Å². The van der Waals surface area contributed by atoms with E-state index in [1.165, 1.54) is 17.0 Å². The Morgan fingerprint density at radius 2 is 1.85 bits per heavy atom. The normalized spacial score (nSPS) is 19.4. The fraction of sp³-hybridized carbons (Fsp3) is 0.565. The van der Waals surface area contributed by atoms with E-state index in [-0.39, 0.29) is 17.8 Å². The smallest absolute Gasteiger partial charge is 0.324 e. The van der Waals surface area contributed by atoms with Crippen molar-refractivity contribution < 1.29 is 23.5 Å². The van der Waals surface area contributed by atoms with Gasteiger partial charge >= 0.3 is 6.03 Å². The molecule has 0 radical (unpaired) electrons. The number of nitrogens with one attached hydrogen (secondary N) is 3. The largest absolute Gasteiger partial charge is 0.382 e. The fourth-order valence-electron chi connectivity index (χ4n) is 3.27. The van der Waals surface area contributed by atoms with Crippen LogP contribution < -0.4 is 16.0 Å². The van der Waals surface area contributed by atoms with Crippen LogP contribution in [0.5, 0.6) is 0 Å². The molecule has 3 rings (SSSR count). The molecular weight excluding hydrogens is 429 g/mol. The van der Waals surface area contributed by atoms with Crippen LogP contribution >= 0.6 is 0 Å². The van der Waals surface area contributed by atoms with E-state index >= 15 is 0 Å². The molecule has 186 valence electrons. The molecule has 3 N–H and O–H groups in total. The van der Waals surface area contributed by atoms with E-state index in [0.717, 1.165) is 5.56 Å². The molecule has 10 heteroatoms. The summed E-state index contributed by atoms with van der Waals surface area (Å²) in [6.45, 7) is 9.91. The maximum absolute atomic E-state index is 13.1. The molecule has 2 aliphatic rings. The van der Waals surface area contributed by atoms with E-state index in [2.05, 4.69) is 16.0 Å². The number of likely N-dealkylation sites (N-methyl/N-ethyl adjacent to an activating group) is 1.